The van der Waals surface area contributed by atoms with Gasteiger partial charge in [0, 0.05) is 12.0 Å². The van der Waals surface area contributed by atoms with Crippen LogP contribution in [0.1, 0.15) is 31.7 Å². The number of benzene rings is 1. The maximum atomic E-state index is 5.49. The Hall–Kier alpha value is -1.34. The van der Waals surface area contributed by atoms with E-state index >= 15 is 0 Å². The first-order chi connectivity index (χ1) is 9.10. The molecule has 104 valence electrons. The Morgan fingerprint density at radius 3 is 2.16 bits per heavy atom. The highest BCUT2D eigenvalue weighted by Crippen LogP contribution is 2.47. The van der Waals surface area contributed by atoms with E-state index in [4.69, 9.17) is 14.2 Å². The molecule has 1 aromatic carbocycles. The lowest BCUT2D eigenvalue weighted by molar-refractivity contribution is 0.320. The highest BCUT2D eigenvalue weighted by molar-refractivity contribution is 9.10. The van der Waals surface area contributed by atoms with Gasteiger partial charge in [0.25, 0.3) is 0 Å². The number of methoxy groups -OCH3 is 3. The molecule has 1 rings (SSSR count). The second kappa shape index (κ2) is 7.30. The first kappa shape index (κ1) is 15.7. The molecule has 0 bridgehead atoms. The van der Waals surface area contributed by atoms with Crippen LogP contribution in [-0.4, -0.2) is 21.3 Å². The van der Waals surface area contributed by atoms with Gasteiger partial charge in [-0.2, -0.15) is 0 Å². The van der Waals surface area contributed by atoms with Gasteiger partial charge in [0.2, 0.25) is 5.75 Å². The summed E-state index contributed by atoms with van der Waals surface area (Å²) in [5, 5.41) is 0. The molecular formula is C15H19BrO3. The molecule has 0 heterocycles. The normalized spacial score (nSPS) is 11.3. The van der Waals surface area contributed by atoms with Crippen molar-refractivity contribution >= 4 is 15.9 Å². The molecule has 1 atom stereocenters. The molecule has 0 aromatic heterocycles. The lowest BCUT2D eigenvalue weighted by Gasteiger charge is -2.20. The van der Waals surface area contributed by atoms with Crippen molar-refractivity contribution in [2.45, 2.75) is 26.2 Å². The van der Waals surface area contributed by atoms with E-state index in [2.05, 4.69) is 34.7 Å². The van der Waals surface area contributed by atoms with Gasteiger partial charge < -0.3 is 14.2 Å². The molecule has 19 heavy (non-hydrogen) atoms. The molecule has 0 aliphatic rings. The number of hydrogen-bond acceptors (Lipinski definition) is 3. The summed E-state index contributed by atoms with van der Waals surface area (Å²) in [6.45, 7) is 3.95. The third-order valence-electron chi connectivity index (χ3n) is 2.90. The molecule has 0 aliphatic carbocycles. The summed E-state index contributed by atoms with van der Waals surface area (Å²) in [4.78, 5) is 0. The largest absolute Gasteiger partial charge is 0.492 e. The van der Waals surface area contributed by atoms with E-state index in [1.807, 2.05) is 13.0 Å². The fourth-order valence-corrected chi connectivity index (χ4v) is 2.52. The first-order valence-electron chi connectivity index (χ1n) is 5.98. The van der Waals surface area contributed by atoms with Gasteiger partial charge in [-0.05, 0) is 34.8 Å². The minimum Gasteiger partial charge on any atom is -0.492 e. The van der Waals surface area contributed by atoms with Gasteiger partial charge in [0.1, 0.15) is 0 Å². The van der Waals surface area contributed by atoms with Gasteiger partial charge in [0.05, 0.1) is 25.8 Å². The van der Waals surface area contributed by atoms with E-state index in [1.54, 1.807) is 21.3 Å². The van der Waals surface area contributed by atoms with Crippen LogP contribution in [0.5, 0.6) is 17.2 Å². The minimum atomic E-state index is 0.249. The predicted octanol–water partition coefficient (Wildman–Crippen LogP) is 3.99. The Morgan fingerprint density at radius 2 is 1.68 bits per heavy atom. The Bertz CT molecular complexity index is 500. The van der Waals surface area contributed by atoms with Crippen LogP contribution in [0.25, 0.3) is 0 Å². The molecule has 4 heteroatoms. The van der Waals surface area contributed by atoms with Crippen molar-refractivity contribution in [2.24, 2.45) is 0 Å². The van der Waals surface area contributed by atoms with Crippen molar-refractivity contribution in [3.8, 4) is 29.1 Å². The Labute approximate surface area is 123 Å². The summed E-state index contributed by atoms with van der Waals surface area (Å²) >= 11 is 3.50. The Balaban J connectivity index is 3.38. The summed E-state index contributed by atoms with van der Waals surface area (Å²) in [5.74, 6) is 8.19. The van der Waals surface area contributed by atoms with Crippen molar-refractivity contribution in [3.63, 3.8) is 0 Å². The van der Waals surface area contributed by atoms with Crippen LogP contribution in [0.2, 0.25) is 0 Å². The predicted molar refractivity (Wildman–Crippen MR) is 80.3 cm³/mol. The fourth-order valence-electron chi connectivity index (χ4n) is 1.93. The summed E-state index contributed by atoms with van der Waals surface area (Å²) in [7, 11) is 4.84. The van der Waals surface area contributed by atoms with Crippen LogP contribution in [0, 0.1) is 11.8 Å². The fraction of sp³-hybridized carbons (Fsp3) is 0.467. The van der Waals surface area contributed by atoms with Crippen molar-refractivity contribution < 1.29 is 14.2 Å². The van der Waals surface area contributed by atoms with Gasteiger partial charge in [-0.25, -0.2) is 0 Å². The minimum absolute atomic E-state index is 0.249. The van der Waals surface area contributed by atoms with Crippen molar-refractivity contribution in [1.29, 1.82) is 0 Å². The molecule has 3 nitrogen and oxygen atoms in total. The smallest absolute Gasteiger partial charge is 0.204 e. The van der Waals surface area contributed by atoms with Crippen LogP contribution >= 0.6 is 15.9 Å². The molecule has 0 N–H and O–H groups in total. The van der Waals surface area contributed by atoms with E-state index in [1.165, 1.54) is 0 Å². The Kier molecular flexibility index (Phi) is 6.04. The first-order valence-corrected chi connectivity index (χ1v) is 6.77. The van der Waals surface area contributed by atoms with E-state index in [9.17, 15) is 0 Å². The third-order valence-corrected chi connectivity index (χ3v) is 3.49. The van der Waals surface area contributed by atoms with Crippen molar-refractivity contribution in [2.75, 3.05) is 21.3 Å². The van der Waals surface area contributed by atoms with Crippen LogP contribution in [0.3, 0.4) is 0 Å². The quantitative estimate of drug-likeness (QED) is 0.765. The number of halogens is 1. The summed E-state index contributed by atoms with van der Waals surface area (Å²) < 4.78 is 17.1. The SMILES string of the molecule is CC#CCC(C)c1cc(Br)c(OC)c(OC)c1OC. The highest BCUT2D eigenvalue weighted by Gasteiger charge is 2.22. The monoisotopic (exact) mass is 326 g/mol. The zero-order valence-corrected chi connectivity index (χ0v) is 13.6. The van der Waals surface area contributed by atoms with E-state index < -0.39 is 0 Å². The lowest BCUT2D eigenvalue weighted by Crippen LogP contribution is -2.02. The second-order valence-corrected chi connectivity index (χ2v) is 4.93. The molecule has 0 saturated heterocycles. The summed E-state index contributed by atoms with van der Waals surface area (Å²) in [5.41, 5.74) is 1.05. The second-order valence-electron chi connectivity index (χ2n) is 4.08. The lowest BCUT2D eigenvalue weighted by atomic mass is 9.96. The standard InChI is InChI=1S/C15H19BrO3/c1-6-7-8-10(2)11-9-12(16)14(18-4)15(19-5)13(11)17-3/h9-10H,8H2,1-5H3. The molecule has 0 spiro atoms. The van der Waals surface area contributed by atoms with Crippen LogP contribution < -0.4 is 14.2 Å². The summed E-state index contributed by atoms with van der Waals surface area (Å²) in [6, 6.07) is 2.00. The highest BCUT2D eigenvalue weighted by atomic mass is 79.9. The molecule has 0 fully saturated rings. The Morgan fingerprint density at radius 1 is 1.11 bits per heavy atom. The molecule has 0 radical (unpaired) electrons. The van der Waals surface area contributed by atoms with Crippen molar-refractivity contribution in [3.05, 3.63) is 16.1 Å². The van der Waals surface area contributed by atoms with E-state index in [-0.39, 0.29) is 5.92 Å². The maximum absolute atomic E-state index is 5.49. The number of ether oxygens (including phenoxy) is 3. The average molecular weight is 327 g/mol. The average Bonchev–Trinajstić information content (AvgIpc) is 2.43. The van der Waals surface area contributed by atoms with E-state index in [0.717, 1.165) is 16.5 Å². The zero-order valence-electron chi connectivity index (χ0n) is 12.0. The van der Waals surface area contributed by atoms with Gasteiger partial charge in [-0.3, -0.25) is 0 Å². The van der Waals surface area contributed by atoms with Gasteiger partial charge in [-0.15, -0.1) is 11.8 Å². The van der Waals surface area contributed by atoms with E-state index in [0.29, 0.717) is 17.2 Å². The van der Waals surface area contributed by atoms with Crippen LogP contribution in [-0.2, 0) is 0 Å². The molecular weight excluding hydrogens is 308 g/mol. The topological polar surface area (TPSA) is 27.7 Å². The molecule has 1 unspecified atom stereocenters. The van der Waals surface area contributed by atoms with Crippen molar-refractivity contribution in [1.82, 2.24) is 0 Å². The van der Waals surface area contributed by atoms with Gasteiger partial charge >= 0.3 is 0 Å². The molecule has 0 saturated carbocycles. The summed E-state index contributed by atoms with van der Waals surface area (Å²) in [6.07, 6.45) is 0.773. The van der Waals surface area contributed by atoms with Gasteiger partial charge in [-0.1, -0.05) is 6.92 Å². The maximum Gasteiger partial charge on any atom is 0.204 e. The molecule has 0 amide bonds. The van der Waals surface area contributed by atoms with Crippen LogP contribution in [0.4, 0.5) is 0 Å². The van der Waals surface area contributed by atoms with Gasteiger partial charge in [0.15, 0.2) is 11.5 Å². The third kappa shape index (κ3) is 3.36. The zero-order chi connectivity index (χ0) is 14.4. The number of hydrogen-bond donors (Lipinski definition) is 0. The molecule has 0 aliphatic heterocycles. The number of rotatable bonds is 5. The van der Waals surface area contributed by atoms with Crippen LogP contribution in [0.15, 0.2) is 10.5 Å². The molecule has 1 aromatic rings.